The molecule has 0 spiro atoms. The van der Waals surface area contributed by atoms with E-state index in [0.29, 0.717) is 12.0 Å². The van der Waals surface area contributed by atoms with E-state index in [4.69, 9.17) is 5.11 Å². The molecule has 21 heavy (non-hydrogen) atoms. The summed E-state index contributed by atoms with van der Waals surface area (Å²) in [5.74, 6) is -2.53. The molecule has 1 aromatic rings. The quantitative estimate of drug-likeness (QED) is 0.672. The number of halogens is 1. The van der Waals surface area contributed by atoms with Gasteiger partial charge in [0.05, 0.1) is 18.4 Å². The molecule has 1 aromatic carbocycles. The van der Waals surface area contributed by atoms with Crippen molar-refractivity contribution in [3.05, 3.63) is 41.2 Å². The number of fused-ring (bicyclic) bond motifs is 1. The van der Waals surface area contributed by atoms with Gasteiger partial charge in [-0.05, 0) is 30.2 Å². The van der Waals surface area contributed by atoms with Gasteiger partial charge < -0.3 is 5.11 Å². The molecule has 1 saturated carbocycles. The summed E-state index contributed by atoms with van der Waals surface area (Å²) in [6, 6.07) is 4.07. The van der Waals surface area contributed by atoms with E-state index in [-0.39, 0.29) is 35.8 Å². The summed E-state index contributed by atoms with van der Waals surface area (Å²) in [5.41, 5.74) is 0.698. The minimum absolute atomic E-state index is 0.106. The van der Waals surface area contributed by atoms with Crippen molar-refractivity contribution in [3.63, 3.8) is 0 Å². The topological polar surface area (TPSA) is 74.7 Å². The maximum absolute atomic E-state index is 13.8. The molecule has 0 radical (unpaired) electrons. The maximum atomic E-state index is 13.8. The highest BCUT2D eigenvalue weighted by atomic mass is 19.1. The first-order valence-electron chi connectivity index (χ1n) is 6.52. The van der Waals surface area contributed by atoms with Gasteiger partial charge in [-0.2, -0.15) is 0 Å². The first kappa shape index (κ1) is 13.5. The molecule has 0 aromatic heterocycles. The van der Waals surface area contributed by atoms with Crippen molar-refractivity contribution in [3.8, 4) is 0 Å². The van der Waals surface area contributed by atoms with Crippen LogP contribution in [0, 0.1) is 17.7 Å². The number of hydrogen-bond acceptors (Lipinski definition) is 3. The average molecular weight is 289 g/mol. The largest absolute Gasteiger partial charge is 0.478 e. The van der Waals surface area contributed by atoms with Gasteiger partial charge in [-0.1, -0.05) is 6.07 Å². The third-order valence-corrected chi connectivity index (χ3v) is 3.77. The van der Waals surface area contributed by atoms with Crippen molar-refractivity contribution in [2.24, 2.45) is 11.8 Å². The van der Waals surface area contributed by atoms with Crippen molar-refractivity contribution in [1.82, 2.24) is 4.90 Å². The molecule has 1 aliphatic heterocycles. The molecule has 1 N–H and O–H groups in total. The van der Waals surface area contributed by atoms with Gasteiger partial charge in [0.15, 0.2) is 0 Å². The fraction of sp³-hybridized carbons (Fsp3) is 0.267. The number of imide groups is 1. The van der Waals surface area contributed by atoms with Crippen molar-refractivity contribution in [2.75, 3.05) is 0 Å². The summed E-state index contributed by atoms with van der Waals surface area (Å²) in [7, 11) is 0. The summed E-state index contributed by atoms with van der Waals surface area (Å²) in [6.45, 7) is -0.106. The summed E-state index contributed by atoms with van der Waals surface area (Å²) in [5, 5.41) is 8.57. The second kappa shape index (κ2) is 4.80. The maximum Gasteiger partial charge on any atom is 0.328 e. The zero-order chi connectivity index (χ0) is 15.1. The lowest BCUT2D eigenvalue weighted by Crippen LogP contribution is -2.32. The first-order chi connectivity index (χ1) is 9.97. The highest BCUT2D eigenvalue weighted by Gasteiger charge is 2.58. The van der Waals surface area contributed by atoms with E-state index in [1.54, 1.807) is 0 Å². The Bertz CT molecular complexity index is 662. The standard InChI is InChI=1S/C15H12FNO4/c16-12-3-1-8(2-4-13(18)19)5-9(12)7-17-14(20)10-6-11(10)15(17)21/h1-5,10-11H,6-7H2,(H,18,19). The van der Waals surface area contributed by atoms with E-state index in [2.05, 4.69) is 0 Å². The van der Waals surface area contributed by atoms with E-state index >= 15 is 0 Å². The molecule has 2 unspecified atom stereocenters. The second-order valence-electron chi connectivity index (χ2n) is 5.23. The van der Waals surface area contributed by atoms with Crippen LogP contribution in [0.2, 0.25) is 0 Å². The van der Waals surface area contributed by atoms with Crippen LogP contribution < -0.4 is 0 Å². The molecule has 5 nitrogen and oxygen atoms in total. The zero-order valence-corrected chi connectivity index (χ0v) is 11.0. The molecule has 2 fully saturated rings. The highest BCUT2D eigenvalue weighted by molar-refractivity contribution is 6.08. The molecule has 1 saturated heterocycles. The van der Waals surface area contributed by atoms with E-state index < -0.39 is 11.8 Å². The molecule has 2 aliphatic rings. The Morgan fingerprint density at radius 3 is 2.62 bits per heavy atom. The third-order valence-electron chi connectivity index (χ3n) is 3.77. The van der Waals surface area contributed by atoms with E-state index in [9.17, 15) is 18.8 Å². The van der Waals surface area contributed by atoms with Crippen molar-refractivity contribution in [1.29, 1.82) is 0 Å². The molecule has 108 valence electrons. The SMILES string of the molecule is O=C(O)C=Cc1ccc(F)c(CN2C(=O)C3CC3C2=O)c1. The van der Waals surface area contributed by atoms with Crippen LogP contribution in [-0.4, -0.2) is 27.8 Å². The fourth-order valence-electron chi connectivity index (χ4n) is 2.56. The van der Waals surface area contributed by atoms with Gasteiger partial charge in [0, 0.05) is 11.6 Å². The summed E-state index contributed by atoms with van der Waals surface area (Å²) in [4.78, 5) is 35.3. The normalized spacial score (nSPS) is 23.8. The number of aliphatic carboxylic acids is 1. The molecular formula is C15H12FNO4. The van der Waals surface area contributed by atoms with Crippen LogP contribution in [0.25, 0.3) is 6.08 Å². The van der Waals surface area contributed by atoms with E-state index in [0.717, 1.165) is 11.0 Å². The van der Waals surface area contributed by atoms with Gasteiger partial charge in [0.1, 0.15) is 5.82 Å². The van der Waals surface area contributed by atoms with Crippen molar-refractivity contribution in [2.45, 2.75) is 13.0 Å². The van der Waals surface area contributed by atoms with Gasteiger partial charge >= 0.3 is 5.97 Å². The Morgan fingerprint density at radius 2 is 2.00 bits per heavy atom. The number of amides is 2. The Hall–Kier alpha value is -2.50. The second-order valence-corrected chi connectivity index (χ2v) is 5.23. The number of rotatable bonds is 4. The van der Waals surface area contributed by atoms with Crippen molar-refractivity contribution < 1.29 is 23.9 Å². The summed E-state index contributed by atoms with van der Waals surface area (Å²) in [6.07, 6.45) is 2.88. The molecule has 1 aliphatic carbocycles. The van der Waals surface area contributed by atoms with Crippen LogP contribution in [0.5, 0.6) is 0 Å². The lowest BCUT2D eigenvalue weighted by atomic mass is 10.1. The van der Waals surface area contributed by atoms with Crippen LogP contribution >= 0.6 is 0 Å². The van der Waals surface area contributed by atoms with Crippen LogP contribution in [0.1, 0.15) is 17.5 Å². The number of piperidine rings is 1. The molecule has 3 rings (SSSR count). The van der Waals surface area contributed by atoms with Crippen molar-refractivity contribution >= 4 is 23.9 Å². The number of benzene rings is 1. The van der Waals surface area contributed by atoms with Gasteiger partial charge in [-0.15, -0.1) is 0 Å². The molecule has 2 atom stereocenters. The van der Waals surface area contributed by atoms with Crippen LogP contribution in [0.4, 0.5) is 4.39 Å². The monoisotopic (exact) mass is 289 g/mol. The molecule has 6 heteroatoms. The minimum Gasteiger partial charge on any atom is -0.478 e. The van der Waals surface area contributed by atoms with Crippen LogP contribution in [0.3, 0.4) is 0 Å². The van der Waals surface area contributed by atoms with Gasteiger partial charge in [-0.3, -0.25) is 14.5 Å². The Kier molecular flexibility index (Phi) is 3.08. The number of hydrogen-bond donors (Lipinski definition) is 1. The Labute approximate surface area is 119 Å². The molecule has 0 bridgehead atoms. The Morgan fingerprint density at radius 1 is 1.33 bits per heavy atom. The average Bonchev–Trinajstić information content (AvgIpc) is 3.19. The van der Waals surface area contributed by atoms with Gasteiger partial charge in [0.2, 0.25) is 11.8 Å². The first-order valence-corrected chi connectivity index (χ1v) is 6.52. The van der Waals surface area contributed by atoms with Crippen LogP contribution in [0.15, 0.2) is 24.3 Å². The number of carboxylic acid groups (broad SMARTS) is 1. The smallest absolute Gasteiger partial charge is 0.328 e. The lowest BCUT2D eigenvalue weighted by Gasteiger charge is -2.17. The highest BCUT2D eigenvalue weighted by Crippen LogP contribution is 2.47. The number of carbonyl (C=O) groups is 3. The number of likely N-dealkylation sites (tertiary alicyclic amines) is 1. The van der Waals surface area contributed by atoms with E-state index in [1.165, 1.54) is 24.3 Å². The van der Waals surface area contributed by atoms with Gasteiger partial charge in [-0.25, -0.2) is 9.18 Å². The fourth-order valence-corrected chi connectivity index (χ4v) is 2.56. The van der Waals surface area contributed by atoms with Crippen LogP contribution in [-0.2, 0) is 20.9 Å². The minimum atomic E-state index is -1.11. The summed E-state index contributed by atoms with van der Waals surface area (Å²) < 4.78 is 13.8. The summed E-state index contributed by atoms with van der Waals surface area (Å²) >= 11 is 0. The van der Waals surface area contributed by atoms with Gasteiger partial charge in [0.25, 0.3) is 0 Å². The number of nitrogens with zero attached hydrogens (tertiary/aromatic N) is 1. The number of carboxylic acids is 1. The predicted molar refractivity (Wildman–Crippen MR) is 70.2 cm³/mol. The Balaban J connectivity index is 1.82. The molecule has 2 amide bonds. The molecular weight excluding hydrogens is 277 g/mol. The van der Waals surface area contributed by atoms with E-state index in [1.807, 2.05) is 0 Å². The predicted octanol–water partition coefficient (Wildman–Crippen LogP) is 1.43. The zero-order valence-electron chi connectivity index (χ0n) is 11.0. The third kappa shape index (κ3) is 2.44. The lowest BCUT2D eigenvalue weighted by molar-refractivity contribution is -0.142. The molecule has 1 heterocycles. The number of carbonyl (C=O) groups excluding carboxylic acids is 2.